The van der Waals surface area contributed by atoms with E-state index in [1.807, 2.05) is 76.7 Å². The van der Waals surface area contributed by atoms with E-state index < -0.39 is 0 Å². The van der Waals surface area contributed by atoms with Crippen LogP contribution in [0, 0.1) is 11.8 Å². The third-order valence-electron chi connectivity index (χ3n) is 4.88. The Kier molecular flexibility index (Phi) is 8.54. The molecule has 0 saturated carbocycles. The number of amides is 3. The van der Waals surface area contributed by atoms with Gasteiger partial charge in [-0.25, -0.2) is 4.79 Å². The number of urea groups is 1. The van der Waals surface area contributed by atoms with Crippen LogP contribution >= 0.6 is 0 Å². The number of hydrogen-bond acceptors (Lipinski definition) is 3. The summed E-state index contributed by atoms with van der Waals surface area (Å²) in [5.41, 5.74) is 2.43. The van der Waals surface area contributed by atoms with Crippen LogP contribution in [0.2, 0.25) is 0 Å². The molecular weight excluding hydrogens is 364 g/mol. The van der Waals surface area contributed by atoms with Crippen molar-refractivity contribution in [3.8, 4) is 0 Å². The van der Waals surface area contributed by atoms with E-state index in [0.717, 1.165) is 11.3 Å². The highest BCUT2D eigenvalue weighted by Gasteiger charge is 2.26. The van der Waals surface area contributed by atoms with Crippen molar-refractivity contribution < 1.29 is 9.59 Å². The van der Waals surface area contributed by atoms with E-state index in [9.17, 15) is 9.59 Å². The van der Waals surface area contributed by atoms with Gasteiger partial charge in [0, 0.05) is 49.5 Å². The summed E-state index contributed by atoms with van der Waals surface area (Å²) in [4.78, 5) is 29.2. The van der Waals surface area contributed by atoms with Crippen LogP contribution in [-0.4, -0.2) is 42.5 Å². The van der Waals surface area contributed by atoms with Gasteiger partial charge in [-0.2, -0.15) is 0 Å². The van der Waals surface area contributed by atoms with E-state index in [4.69, 9.17) is 0 Å². The SMILES string of the molecule is CC(C)C(=O)N(Cc1cc(NC(=O)NC(C)(C)C)ccc1N(C)C)[C@@H](C)C(C)C. The summed E-state index contributed by atoms with van der Waals surface area (Å²) in [6.45, 7) is 16.6. The summed E-state index contributed by atoms with van der Waals surface area (Å²) >= 11 is 0. The number of carbonyl (C=O) groups is 2. The highest BCUT2D eigenvalue weighted by molar-refractivity contribution is 5.90. The molecule has 1 rings (SSSR count). The van der Waals surface area contributed by atoms with Crippen LogP contribution in [0.5, 0.6) is 0 Å². The van der Waals surface area contributed by atoms with E-state index in [1.165, 1.54) is 0 Å². The maximum Gasteiger partial charge on any atom is 0.319 e. The maximum atomic E-state index is 12.9. The molecule has 0 aliphatic heterocycles. The molecule has 6 heteroatoms. The fourth-order valence-electron chi connectivity index (χ4n) is 3.03. The number of nitrogens with zero attached hydrogens (tertiary/aromatic N) is 2. The first-order chi connectivity index (χ1) is 13.2. The first kappa shape index (κ1) is 24.8. The molecule has 29 heavy (non-hydrogen) atoms. The van der Waals surface area contributed by atoms with Crippen LogP contribution in [0.25, 0.3) is 0 Å². The van der Waals surface area contributed by atoms with Gasteiger partial charge in [0.2, 0.25) is 5.91 Å². The topological polar surface area (TPSA) is 64.7 Å². The zero-order valence-corrected chi connectivity index (χ0v) is 19.9. The molecule has 0 fully saturated rings. The molecule has 0 aromatic heterocycles. The van der Waals surface area contributed by atoms with Gasteiger partial charge in [0.05, 0.1) is 0 Å². The lowest BCUT2D eigenvalue weighted by Gasteiger charge is -2.34. The van der Waals surface area contributed by atoms with Crippen LogP contribution in [0.15, 0.2) is 18.2 Å². The normalized spacial score (nSPS) is 12.7. The Labute approximate surface area is 177 Å². The zero-order valence-electron chi connectivity index (χ0n) is 19.9. The highest BCUT2D eigenvalue weighted by atomic mass is 16.2. The number of benzene rings is 1. The second kappa shape index (κ2) is 9.99. The molecule has 0 radical (unpaired) electrons. The van der Waals surface area contributed by atoms with E-state index in [2.05, 4.69) is 31.4 Å². The van der Waals surface area contributed by atoms with Gasteiger partial charge in [0.15, 0.2) is 0 Å². The van der Waals surface area contributed by atoms with Crippen LogP contribution < -0.4 is 15.5 Å². The predicted molar refractivity (Wildman–Crippen MR) is 122 cm³/mol. The summed E-state index contributed by atoms with van der Waals surface area (Å²) in [5.74, 6) is 0.414. The molecule has 0 aliphatic carbocycles. The standard InChI is InChI=1S/C23H40N4O2/c1-15(2)17(5)27(21(28)16(3)4)14-18-13-19(11-12-20(18)26(9)10)24-22(29)25-23(6,7)8/h11-13,15-17H,14H2,1-10H3,(H2,24,25,29)/t17-/m0/s1. The maximum absolute atomic E-state index is 12.9. The molecular formula is C23H40N4O2. The minimum absolute atomic E-state index is 0.0714. The van der Waals surface area contributed by atoms with Crippen molar-refractivity contribution in [3.05, 3.63) is 23.8 Å². The second-order valence-electron chi connectivity index (χ2n) is 9.67. The molecule has 3 amide bonds. The summed E-state index contributed by atoms with van der Waals surface area (Å²) in [6.07, 6.45) is 0. The van der Waals surface area contributed by atoms with Crippen LogP contribution in [0.1, 0.15) is 61.0 Å². The Morgan fingerprint density at radius 2 is 1.62 bits per heavy atom. The van der Waals surface area contributed by atoms with E-state index in [-0.39, 0.29) is 29.4 Å². The van der Waals surface area contributed by atoms with Crippen molar-refractivity contribution in [2.45, 2.75) is 73.5 Å². The van der Waals surface area contributed by atoms with Crippen LogP contribution in [-0.2, 0) is 11.3 Å². The summed E-state index contributed by atoms with van der Waals surface area (Å²) in [7, 11) is 3.97. The van der Waals surface area contributed by atoms with Gasteiger partial charge in [-0.3, -0.25) is 4.79 Å². The first-order valence-electron chi connectivity index (χ1n) is 10.4. The lowest BCUT2D eigenvalue weighted by Crippen LogP contribution is -2.43. The van der Waals surface area contributed by atoms with Gasteiger partial charge in [0.1, 0.15) is 0 Å². The number of anilines is 2. The molecule has 2 N–H and O–H groups in total. The minimum Gasteiger partial charge on any atom is -0.377 e. The molecule has 0 aliphatic rings. The first-order valence-corrected chi connectivity index (χ1v) is 10.4. The molecule has 0 heterocycles. The third-order valence-corrected chi connectivity index (χ3v) is 4.88. The Bertz CT molecular complexity index is 705. The van der Waals surface area contributed by atoms with Gasteiger partial charge in [-0.05, 0) is 57.4 Å². The molecule has 6 nitrogen and oxygen atoms in total. The predicted octanol–water partition coefficient (Wildman–Crippen LogP) is 4.70. The summed E-state index contributed by atoms with van der Waals surface area (Å²) < 4.78 is 0. The smallest absolute Gasteiger partial charge is 0.319 e. The van der Waals surface area contributed by atoms with Crippen molar-refractivity contribution >= 4 is 23.3 Å². The monoisotopic (exact) mass is 404 g/mol. The van der Waals surface area contributed by atoms with E-state index in [0.29, 0.717) is 18.2 Å². The van der Waals surface area contributed by atoms with Gasteiger partial charge in [-0.15, -0.1) is 0 Å². The largest absolute Gasteiger partial charge is 0.377 e. The third kappa shape index (κ3) is 7.59. The van der Waals surface area contributed by atoms with Crippen molar-refractivity contribution in [2.75, 3.05) is 24.3 Å². The molecule has 0 unspecified atom stereocenters. The Morgan fingerprint density at radius 3 is 2.07 bits per heavy atom. The van der Waals surface area contributed by atoms with Crippen LogP contribution in [0.3, 0.4) is 0 Å². The second-order valence-corrected chi connectivity index (χ2v) is 9.67. The van der Waals surface area contributed by atoms with Crippen molar-refractivity contribution in [1.82, 2.24) is 10.2 Å². The Morgan fingerprint density at radius 1 is 1.03 bits per heavy atom. The quantitative estimate of drug-likeness (QED) is 0.692. The molecule has 0 spiro atoms. The number of nitrogens with one attached hydrogen (secondary N) is 2. The number of hydrogen-bond donors (Lipinski definition) is 2. The molecule has 1 atom stereocenters. The number of rotatable bonds is 7. The average molecular weight is 405 g/mol. The molecule has 1 aromatic rings. The average Bonchev–Trinajstić information content (AvgIpc) is 2.56. The fourth-order valence-corrected chi connectivity index (χ4v) is 3.03. The minimum atomic E-state index is -0.316. The number of carbonyl (C=O) groups excluding carboxylic acids is 2. The zero-order chi connectivity index (χ0) is 22.5. The van der Waals surface area contributed by atoms with Gasteiger partial charge in [0.25, 0.3) is 0 Å². The van der Waals surface area contributed by atoms with Crippen molar-refractivity contribution in [3.63, 3.8) is 0 Å². The lowest BCUT2D eigenvalue weighted by atomic mass is 10.0. The Hall–Kier alpha value is -2.24. The molecule has 1 aromatic carbocycles. The van der Waals surface area contributed by atoms with E-state index >= 15 is 0 Å². The molecule has 164 valence electrons. The fraction of sp³-hybridized carbons (Fsp3) is 0.652. The van der Waals surface area contributed by atoms with Crippen molar-refractivity contribution in [2.24, 2.45) is 11.8 Å². The molecule has 0 saturated heterocycles. The summed E-state index contributed by atoms with van der Waals surface area (Å²) in [6, 6.07) is 5.71. The lowest BCUT2D eigenvalue weighted by molar-refractivity contribution is -0.138. The van der Waals surface area contributed by atoms with Gasteiger partial charge < -0.3 is 20.4 Å². The Balaban J connectivity index is 3.24. The van der Waals surface area contributed by atoms with Crippen LogP contribution in [0.4, 0.5) is 16.2 Å². The molecule has 0 bridgehead atoms. The van der Waals surface area contributed by atoms with Crippen molar-refractivity contribution in [1.29, 1.82) is 0 Å². The highest BCUT2D eigenvalue weighted by Crippen LogP contribution is 2.27. The van der Waals surface area contributed by atoms with E-state index in [1.54, 1.807) is 0 Å². The van der Waals surface area contributed by atoms with Gasteiger partial charge in [-0.1, -0.05) is 27.7 Å². The van der Waals surface area contributed by atoms with Gasteiger partial charge >= 0.3 is 6.03 Å². The summed E-state index contributed by atoms with van der Waals surface area (Å²) in [5, 5.41) is 5.82.